The highest BCUT2D eigenvalue weighted by Crippen LogP contribution is 2.32. The van der Waals surface area contributed by atoms with Crippen LogP contribution in [0.5, 0.6) is 0 Å². The van der Waals surface area contributed by atoms with Crippen LogP contribution in [0.4, 0.5) is 13.2 Å². The third kappa shape index (κ3) is 3.45. The van der Waals surface area contributed by atoms with E-state index in [-0.39, 0.29) is 18.5 Å². The maximum absolute atomic E-state index is 12.6. The number of rotatable bonds is 4. The predicted molar refractivity (Wildman–Crippen MR) is 51.4 cm³/mol. The minimum atomic E-state index is -4.48. The zero-order valence-electron chi connectivity index (χ0n) is 8.96. The second-order valence-electron chi connectivity index (χ2n) is 3.66. The molecule has 0 aliphatic heterocycles. The molecule has 94 valence electrons. The number of hydrogen-bond acceptors (Lipinski definition) is 2. The van der Waals surface area contributed by atoms with E-state index < -0.39 is 23.6 Å². The molecule has 17 heavy (non-hydrogen) atoms. The van der Waals surface area contributed by atoms with Crippen molar-refractivity contribution in [1.82, 2.24) is 0 Å². The number of quaternary nitrogens is 1. The molecule has 1 atom stereocenters. The lowest BCUT2D eigenvalue weighted by Gasteiger charge is -2.17. The highest BCUT2D eigenvalue weighted by molar-refractivity contribution is 5.68. The lowest BCUT2D eigenvalue weighted by Crippen LogP contribution is -2.57. The Labute approximate surface area is 96.0 Å². The molecule has 0 aliphatic rings. The highest BCUT2D eigenvalue weighted by Gasteiger charge is 2.33. The third-order valence-electron chi connectivity index (χ3n) is 2.47. The summed E-state index contributed by atoms with van der Waals surface area (Å²) in [5.41, 5.74) is 2.54. The van der Waals surface area contributed by atoms with E-state index in [1.807, 2.05) is 0 Å². The smallest absolute Gasteiger partial charge is 0.416 e. The Morgan fingerprint density at radius 1 is 1.35 bits per heavy atom. The Kier molecular flexibility index (Phi) is 4.11. The van der Waals surface area contributed by atoms with Gasteiger partial charge in [-0.05, 0) is 18.1 Å². The van der Waals surface area contributed by atoms with Gasteiger partial charge in [-0.3, -0.25) is 0 Å². The largest absolute Gasteiger partial charge is 0.550 e. The van der Waals surface area contributed by atoms with Crippen LogP contribution in [0.3, 0.4) is 0 Å². The van der Waals surface area contributed by atoms with Crippen molar-refractivity contribution in [3.63, 3.8) is 0 Å². The molecule has 6 heteroatoms. The van der Waals surface area contributed by atoms with E-state index in [0.29, 0.717) is 0 Å². The summed E-state index contributed by atoms with van der Waals surface area (Å²) in [5, 5.41) is 10.7. The fraction of sp³-hybridized carbons (Fsp3) is 0.364. The maximum Gasteiger partial charge on any atom is 0.416 e. The van der Waals surface area contributed by atoms with E-state index >= 15 is 0 Å². The number of carbonyl (C=O) groups excluding carboxylic acids is 1. The van der Waals surface area contributed by atoms with Crippen LogP contribution >= 0.6 is 0 Å². The minimum absolute atomic E-state index is 0.00543. The van der Waals surface area contributed by atoms with Crippen molar-refractivity contribution in [3.05, 3.63) is 35.4 Å². The van der Waals surface area contributed by atoms with Gasteiger partial charge >= 0.3 is 6.18 Å². The molecule has 1 aromatic rings. The van der Waals surface area contributed by atoms with Gasteiger partial charge in [0, 0.05) is 0 Å². The summed E-state index contributed by atoms with van der Waals surface area (Å²) in [4.78, 5) is 10.7. The van der Waals surface area contributed by atoms with E-state index in [2.05, 4.69) is 5.73 Å². The highest BCUT2D eigenvalue weighted by atomic mass is 19.4. The molecule has 0 heterocycles. The molecule has 0 unspecified atom stereocenters. The van der Waals surface area contributed by atoms with Crippen LogP contribution in [-0.4, -0.2) is 12.5 Å². The number of carbonyl (C=O) groups is 1. The van der Waals surface area contributed by atoms with Crippen molar-refractivity contribution in [2.75, 3.05) is 6.54 Å². The summed E-state index contributed by atoms with van der Waals surface area (Å²) in [7, 11) is 0. The van der Waals surface area contributed by atoms with Crippen LogP contribution < -0.4 is 10.8 Å². The fourth-order valence-electron chi connectivity index (χ4n) is 1.54. The van der Waals surface area contributed by atoms with Gasteiger partial charge in [-0.15, -0.1) is 0 Å². The van der Waals surface area contributed by atoms with Crippen LogP contribution in [0.25, 0.3) is 0 Å². The molecule has 0 fully saturated rings. The monoisotopic (exact) mass is 247 g/mol. The van der Waals surface area contributed by atoms with Crippen LogP contribution in [0.15, 0.2) is 24.3 Å². The van der Waals surface area contributed by atoms with E-state index in [1.165, 1.54) is 18.2 Å². The molecule has 1 aromatic carbocycles. The normalized spacial score (nSPS) is 13.4. The summed E-state index contributed by atoms with van der Waals surface area (Å²) in [6.07, 6.45) is -4.70. The predicted octanol–water partition coefficient (Wildman–Crippen LogP) is -0.144. The number of carboxylic acids is 1. The van der Waals surface area contributed by atoms with Gasteiger partial charge in [0.2, 0.25) is 0 Å². The Bertz CT molecular complexity index is 404. The molecule has 0 aliphatic carbocycles. The summed E-state index contributed by atoms with van der Waals surface area (Å²) in [6.45, 7) is -0.00543. The first kappa shape index (κ1) is 13.5. The number of carboxylic acid groups (broad SMARTS) is 1. The second kappa shape index (κ2) is 5.18. The molecule has 0 saturated carbocycles. The molecular formula is C11H12F3NO2. The first-order valence-electron chi connectivity index (χ1n) is 5.01. The van der Waals surface area contributed by atoms with Crippen LogP contribution in [-0.2, 0) is 17.4 Å². The zero-order chi connectivity index (χ0) is 13.1. The van der Waals surface area contributed by atoms with Crippen molar-refractivity contribution < 1.29 is 28.8 Å². The van der Waals surface area contributed by atoms with E-state index in [4.69, 9.17) is 0 Å². The quantitative estimate of drug-likeness (QED) is 0.804. The van der Waals surface area contributed by atoms with Crippen molar-refractivity contribution in [2.45, 2.75) is 12.6 Å². The number of benzene rings is 1. The van der Waals surface area contributed by atoms with E-state index in [0.717, 1.165) is 6.07 Å². The average molecular weight is 247 g/mol. The van der Waals surface area contributed by atoms with Gasteiger partial charge in [0.1, 0.15) is 0 Å². The number of hydrogen-bond donors (Lipinski definition) is 1. The SMILES string of the molecule is [NH3+]C[C@H](Cc1ccccc1C(F)(F)F)C(=O)[O-]. The first-order chi connectivity index (χ1) is 7.86. The Hall–Kier alpha value is -1.56. The Morgan fingerprint density at radius 3 is 2.41 bits per heavy atom. The zero-order valence-corrected chi connectivity index (χ0v) is 8.96. The van der Waals surface area contributed by atoms with E-state index in [9.17, 15) is 23.1 Å². The average Bonchev–Trinajstić information content (AvgIpc) is 2.24. The summed E-state index contributed by atoms with van der Waals surface area (Å²) < 4.78 is 37.9. The lowest BCUT2D eigenvalue weighted by molar-refractivity contribution is -0.387. The molecule has 0 amide bonds. The van der Waals surface area contributed by atoms with Crippen LogP contribution in [0.2, 0.25) is 0 Å². The molecule has 3 nitrogen and oxygen atoms in total. The second-order valence-corrected chi connectivity index (χ2v) is 3.66. The Balaban J connectivity index is 3.02. The van der Waals surface area contributed by atoms with Gasteiger partial charge in [0.15, 0.2) is 0 Å². The minimum Gasteiger partial charge on any atom is -0.550 e. The molecule has 0 saturated heterocycles. The van der Waals surface area contributed by atoms with E-state index in [1.54, 1.807) is 0 Å². The van der Waals surface area contributed by atoms with Gasteiger partial charge in [-0.25, -0.2) is 0 Å². The van der Waals surface area contributed by atoms with Gasteiger partial charge < -0.3 is 15.6 Å². The van der Waals surface area contributed by atoms with Crippen molar-refractivity contribution >= 4 is 5.97 Å². The first-order valence-corrected chi connectivity index (χ1v) is 5.01. The Morgan fingerprint density at radius 2 is 1.94 bits per heavy atom. The van der Waals surface area contributed by atoms with Gasteiger partial charge in [-0.1, -0.05) is 18.2 Å². The molecule has 1 rings (SSSR count). The maximum atomic E-state index is 12.6. The summed E-state index contributed by atoms with van der Waals surface area (Å²) in [5.74, 6) is -2.38. The molecular weight excluding hydrogens is 235 g/mol. The van der Waals surface area contributed by atoms with Gasteiger partial charge in [0.05, 0.1) is 24.0 Å². The molecule has 0 radical (unpaired) electrons. The van der Waals surface area contributed by atoms with Crippen molar-refractivity contribution in [1.29, 1.82) is 0 Å². The van der Waals surface area contributed by atoms with Gasteiger partial charge in [-0.2, -0.15) is 13.2 Å². The molecule has 3 N–H and O–H groups in total. The lowest BCUT2D eigenvalue weighted by atomic mass is 9.95. The molecule has 0 bridgehead atoms. The summed E-state index contributed by atoms with van der Waals surface area (Å²) in [6, 6.07) is 4.92. The third-order valence-corrected chi connectivity index (χ3v) is 2.47. The fourth-order valence-corrected chi connectivity index (χ4v) is 1.54. The number of halogens is 3. The van der Waals surface area contributed by atoms with Crippen molar-refractivity contribution in [3.8, 4) is 0 Å². The number of alkyl halides is 3. The molecule has 0 spiro atoms. The molecule has 0 aromatic heterocycles. The van der Waals surface area contributed by atoms with Crippen LogP contribution in [0.1, 0.15) is 11.1 Å². The summed E-state index contributed by atoms with van der Waals surface area (Å²) >= 11 is 0. The van der Waals surface area contributed by atoms with Crippen molar-refractivity contribution in [2.24, 2.45) is 5.92 Å². The number of aliphatic carboxylic acids is 1. The van der Waals surface area contributed by atoms with Crippen LogP contribution in [0, 0.1) is 5.92 Å². The topological polar surface area (TPSA) is 67.8 Å². The standard InChI is InChI=1S/C11H12F3NO2/c12-11(13,14)9-4-2-1-3-7(9)5-8(6-15)10(16)17/h1-4,8H,5-6,15H2,(H,16,17)/t8-/m0/s1. The van der Waals surface area contributed by atoms with Gasteiger partial charge in [0.25, 0.3) is 0 Å².